The van der Waals surface area contributed by atoms with Crippen LogP contribution in [0.4, 0.5) is 5.69 Å². The Labute approximate surface area is 165 Å². The number of carbonyl (C=O) groups excluding carboxylic acids is 2. The van der Waals surface area contributed by atoms with Gasteiger partial charge in [0.1, 0.15) is 5.02 Å². The minimum Gasteiger partial charge on any atom is -0.423 e. The fourth-order valence-corrected chi connectivity index (χ4v) is 4.37. The number of hydrogen-bond acceptors (Lipinski definition) is 5. The summed E-state index contributed by atoms with van der Waals surface area (Å²) in [5.41, 5.74) is -0.256. The topological polar surface area (TPSA) is 80.8 Å². The summed E-state index contributed by atoms with van der Waals surface area (Å²) >= 11 is 18.3. The molecule has 0 aliphatic heterocycles. The number of carbonyl (C=O) groups is 2. The van der Waals surface area contributed by atoms with E-state index < -0.39 is 21.9 Å². The first-order chi connectivity index (χ1) is 12.1. The lowest BCUT2D eigenvalue weighted by atomic mass is 10.3. The van der Waals surface area contributed by atoms with E-state index in [1.165, 1.54) is 24.3 Å². The number of rotatable bonds is 4. The standard InChI is InChI=1S/C16H12Cl3NO5S/c1-9(21)20(26(23,24)11-6-4-3-5-7-11)13-8-12(17)16(25-10(2)22)15(19)14(13)18/h3-8H,1-2H3. The minimum atomic E-state index is -4.27. The normalized spacial score (nSPS) is 11.1. The first kappa shape index (κ1) is 20.5. The number of sulfonamides is 1. The van der Waals surface area contributed by atoms with E-state index in [0.717, 1.165) is 19.9 Å². The van der Waals surface area contributed by atoms with Crippen LogP contribution in [0.1, 0.15) is 13.8 Å². The minimum absolute atomic E-state index is 0.123. The van der Waals surface area contributed by atoms with Gasteiger partial charge in [-0.2, -0.15) is 0 Å². The highest BCUT2D eigenvalue weighted by molar-refractivity contribution is 7.93. The van der Waals surface area contributed by atoms with Gasteiger partial charge < -0.3 is 4.74 Å². The van der Waals surface area contributed by atoms with Gasteiger partial charge in [-0.3, -0.25) is 9.59 Å². The molecule has 0 unspecified atom stereocenters. The van der Waals surface area contributed by atoms with Gasteiger partial charge in [0.15, 0.2) is 5.75 Å². The number of benzene rings is 2. The maximum atomic E-state index is 12.9. The monoisotopic (exact) mass is 435 g/mol. The molecule has 2 rings (SSSR count). The van der Waals surface area contributed by atoms with Crippen LogP contribution in [-0.4, -0.2) is 20.3 Å². The SMILES string of the molecule is CC(=O)Oc1c(Cl)cc(N(C(C)=O)S(=O)(=O)c2ccccc2)c(Cl)c1Cl. The van der Waals surface area contributed by atoms with Crippen molar-refractivity contribution in [2.45, 2.75) is 18.7 Å². The van der Waals surface area contributed by atoms with Crippen LogP contribution in [0, 0.1) is 0 Å². The molecule has 0 spiro atoms. The molecule has 26 heavy (non-hydrogen) atoms. The van der Waals surface area contributed by atoms with Crippen LogP contribution in [0.3, 0.4) is 0 Å². The molecule has 0 heterocycles. The third kappa shape index (κ3) is 3.96. The van der Waals surface area contributed by atoms with Crippen LogP contribution in [0.15, 0.2) is 41.3 Å². The van der Waals surface area contributed by atoms with Crippen molar-refractivity contribution in [3.63, 3.8) is 0 Å². The average molecular weight is 437 g/mol. The molecule has 0 saturated heterocycles. The van der Waals surface area contributed by atoms with Gasteiger partial charge in [-0.1, -0.05) is 53.0 Å². The third-order valence-electron chi connectivity index (χ3n) is 3.13. The quantitative estimate of drug-likeness (QED) is 0.405. The van der Waals surface area contributed by atoms with Gasteiger partial charge in [0.05, 0.1) is 20.6 Å². The molecule has 2 aromatic carbocycles. The lowest BCUT2D eigenvalue weighted by Gasteiger charge is -2.23. The van der Waals surface area contributed by atoms with E-state index in [1.54, 1.807) is 6.07 Å². The molecular weight excluding hydrogens is 425 g/mol. The molecule has 0 aromatic heterocycles. The fraction of sp³-hybridized carbons (Fsp3) is 0.125. The summed E-state index contributed by atoms with van der Waals surface area (Å²) in [6.45, 7) is 2.19. The van der Waals surface area contributed by atoms with Crippen LogP contribution in [0.5, 0.6) is 5.75 Å². The van der Waals surface area contributed by atoms with E-state index in [1.807, 2.05) is 0 Å². The van der Waals surface area contributed by atoms with E-state index in [0.29, 0.717) is 4.31 Å². The van der Waals surface area contributed by atoms with Crippen LogP contribution in [-0.2, 0) is 19.6 Å². The second-order valence-corrected chi connectivity index (χ2v) is 7.98. The first-order valence-corrected chi connectivity index (χ1v) is 9.61. The summed E-state index contributed by atoms with van der Waals surface area (Å²) in [7, 11) is -4.27. The Bertz CT molecular complexity index is 977. The second-order valence-electron chi connectivity index (χ2n) is 5.03. The molecular formula is C16H12Cl3NO5S. The van der Waals surface area contributed by atoms with Crippen molar-refractivity contribution in [2.75, 3.05) is 4.31 Å². The number of esters is 1. The van der Waals surface area contributed by atoms with Crippen LogP contribution in [0.25, 0.3) is 0 Å². The Kier molecular flexibility index (Phi) is 6.18. The zero-order chi connectivity index (χ0) is 19.6. The molecule has 0 aliphatic carbocycles. The number of anilines is 1. The highest BCUT2D eigenvalue weighted by Crippen LogP contribution is 2.45. The number of amides is 1. The first-order valence-electron chi connectivity index (χ1n) is 7.04. The van der Waals surface area contributed by atoms with Crippen molar-refractivity contribution in [1.29, 1.82) is 0 Å². The highest BCUT2D eigenvalue weighted by atomic mass is 35.5. The summed E-state index contributed by atoms with van der Waals surface area (Å²) < 4.78 is 31.1. The van der Waals surface area contributed by atoms with Gasteiger partial charge in [0.25, 0.3) is 10.0 Å². The van der Waals surface area contributed by atoms with Crippen molar-refractivity contribution >= 4 is 62.4 Å². The number of nitrogens with zero attached hydrogens (tertiary/aromatic N) is 1. The number of halogens is 3. The molecule has 138 valence electrons. The lowest BCUT2D eigenvalue weighted by molar-refractivity contribution is -0.131. The second kappa shape index (κ2) is 7.84. The lowest BCUT2D eigenvalue weighted by Crippen LogP contribution is -2.35. The average Bonchev–Trinajstić information content (AvgIpc) is 2.56. The van der Waals surface area contributed by atoms with E-state index in [4.69, 9.17) is 39.5 Å². The van der Waals surface area contributed by atoms with E-state index in [9.17, 15) is 18.0 Å². The summed E-state index contributed by atoms with van der Waals surface area (Å²) in [4.78, 5) is 23.2. The van der Waals surface area contributed by atoms with Gasteiger partial charge in [0, 0.05) is 13.8 Å². The molecule has 2 aromatic rings. The molecule has 0 fully saturated rings. The van der Waals surface area contributed by atoms with E-state index in [-0.39, 0.29) is 31.4 Å². The molecule has 0 bridgehead atoms. The van der Waals surface area contributed by atoms with Crippen LogP contribution >= 0.6 is 34.8 Å². The Morgan fingerprint density at radius 2 is 1.58 bits per heavy atom. The smallest absolute Gasteiger partial charge is 0.308 e. The van der Waals surface area contributed by atoms with Crippen LogP contribution < -0.4 is 9.04 Å². The number of hydrogen-bond donors (Lipinski definition) is 0. The summed E-state index contributed by atoms with van der Waals surface area (Å²) in [5, 5.41) is -0.778. The zero-order valence-corrected chi connectivity index (χ0v) is 16.6. The maximum Gasteiger partial charge on any atom is 0.308 e. The Balaban J connectivity index is 2.70. The van der Waals surface area contributed by atoms with Gasteiger partial charge >= 0.3 is 5.97 Å². The van der Waals surface area contributed by atoms with Gasteiger partial charge in [-0.05, 0) is 18.2 Å². The molecule has 0 atom stereocenters. The summed E-state index contributed by atoms with van der Waals surface area (Å²) in [6, 6.07) is 8.40. The highest BCUT2D eigenvalue weighted by Gasteiger charge is 2.32. The third-order valence-corrected chi connectivity index (χ3v) is 6.05. The predicted octanol–water partition coefficient (Wildman–Crippen LogP) is 4.31. The molecule has 0 saturated carbocycles. The predicted molar refractivity (Wildman–Crippen MR) is 99.6 cm³/mol. The molecule has 0 N–H and O–H groups in total. The van der Waals surface area contributed by atoms with Crippen molar-refractivity contribution in [3.8, 4) is 5.75 Å². The van der Waals surface area contributed by atoms with Crippen molar-refractivity contribution in [1.82, 2.24) is 0 Å². The fourth-order valence-electron chi connectivity index (χ4n) is 2.12. The van der Waals surface area contributed by atoms with Crippen LogP contribution in [0.2, 0.25) is 15.1 Å². The van der Waals surface area contributed by atoms with Gasteiger partial charge in [-0.15, -0.1) is 0 Å². The zero-order valence-electron chi connectivity index (χ0n) is 13.5. The Morgan fingerprint density at radius 1 is 1.00 bits per heavy atom. The van der Waals surface area contributed by atoms with Crippen molar-refractivity contribution < 1.29 is 22.7 Å². The molecule has 0 aliphatic rings. The van der Waals surface area contributed by atoms with Crippen molar-refractivity contribution in [2.24, 2.45) is 0 Å². The van der Waals surface area contributed by atoms with E-state index in [2.05, 4.69) is 0 Å². The summed E-state index contributed by atoms with van der Waals surface area (Å²) in [5.74, 6) is -1.75. The van der Waals surface area contributed by atoms with Crippen molar-refractivity contribution in [3.05, 3.63) is 51.5 Å². The van der Waals surface area contributed by atoms with E-state index >= 15 is 0 Å². The molecule has 1 amide bonds. The number of ether oxygens (including phenoxy) is 1. The largest absolute Gasteiger partial charge is 0.423 e. The Morgan fingerprint density at radius 3 is 2.08 bits per heavy atom. The maximum absolute atomic E-state index is 12.9. The molecule has 0 radical (unpaired) electrons. The van der Waals surface area contributed by atoms with Gasteiger partial charge in [-0.25, -0.2) is 12.7 Å². The molecule has 10 heteroatoms. The molecule has 6 nitrogen and oxygen atoms in total. The Hall–Kier alpha value is -1.80. The summed E-state index contributed by atoms with van der Waals surface area (Å²) in [6.07, 6.45) is 0. The van der Waals surface area contributed by atoms with Gasteiger partial charge in [0.2, 0.25) is 5.91 Å².